The molecule has 0 atom stereocenters. The number of carbonyl (C=O) groups excluding carboxylic acids is 1. The van der Waals surface area contributed by atoms with E-state index in [0.717, 1.165) is 22.8 Å². The zero-order valence-corrected chi connectivity index (χ0v) is 16.6. The Labute approximate surface area is 164 Å². The molecule has 3 rings (SSSR count). The highest BCUT2D eigenvalue weighted by molar-refractivity contribution is 5.93. The zero-order valence-electron chi connectivity index (χ0n) is 16.6. The molecule has 3 heterocycles. The Morgan fingerprint density at radius 1 is 1.14 bits per heavy atom. The van der Waals surface area contributed by atoms with E-state index < -0.39 is 0 Å². The molecule has 0 fully saturated rings. The first-order valence-corrected chi connectivity index (χ1v) is 9.28. The van der Waals surface area contributed by atoms with Crippen LogP contribution in [-0.2, 0) is 6.54 Å². The molecule has 3 aromatic rings. The number of pyridine rings is 2. The molecule has 0 unspecified atom stereocenters. The van der Waals surface area contributed by atoms with Crippen LogP contribution in [0, 0.1) is 19.8 Å². The summed E-state index contributed by atoms with van der Waals surface area (Å²) in [5.74, 6) is 1.51. The van der Waals surface area contributed by atoms with Gasteiger partial charge >= 0.3 is 0 Å². The molecule has 7 nitrogen and oxygen atoms in total. The number of aryl methyl sites for hydroxylation is 2. The lowest BCUT2D eigenvalue weighted by Gasteiger charge is -2.09. The molecule has 0 saturated carbocycles. The van der Waals surface area contributed by atoms with Gasteiger partial charge in [-0.05, 0) is 43.5 Å². The molecule has 0 radical (unpaired) electrons. The third kappa shape index (κ3) is 4.94. The van der Waals surface area contributed by atoms with Gasteiger partial charge in [-0.2, -0.15) is 5.10 Å². The molecule has 0 aliphatic carbocycles. The Bertz CT molecular complexity index is 930. The Morgan fingerprint density at radius 3 is 2.54 bits per heavy atom. The highest BCUT2D eigenvalue weighted by Crippen LogP contribution is 2.11. The predicted molar refractivity (Wildman–Crippen MR) is 107 cm³/mol. The lowest BCUT2D eigenvalue weighted by Crippen LogP contribution is -2.23. The number of amides is 1. The molecule has 28 heavy (non-hydrogen) atoms. The molecule has 1 amide bonds. The molecule has 7 heteroatoms. The summed E-state index contributed by atoms with van der Waals surface area (Å²) in [7, 11) is 0. The maximum absolute atomic E-state index is 12.3. The second-order valence-corrected chi connectivity index (χ2v) is 7.14. The van der Waals surface area contributed by atoms with E-state index in [0.29, 0.717) is 30.5 Å². The summed E-state index contributed by atoms with van der Waals surface area (Å²) >= 11 is 0. The van der Waals surface area contributed by atoms with E-state index in [1.807, 2.05) is 32.0 Å². The van der Waals surface area contributed by atoms with Gasteiger partial charge in [-0.1, -0.05) is 19.9 Å². The van der Waals surface area contributed by atoms with Crippen molar-refractivity contribution in [1.29, 1.82) is 0 Å². The van der Waals surface area contributed by atoms with Gasteiger partial charge in [0, 0.05) is 30.7 Å². The summed E-state index contributed by atoms with van der Waals surface area (Å²) in [4.78, 5) is 20.9. The third-order valence-electron chi connectivity index (χ3n) is 4.05. The normalized spacial score (nSPS) is 10.9. The summed E-state index contributed by atoms with van der Waals surface area (Å²) < 4.78 is 7.33. The maximum atomic E-state index is 12.3. The Balaban J connectivity index is 1.56. The summed E-state index contributed by atoms with van der Waals surface area (Å²) in [5.41, 5.74) is 3.37. The number of aromatic nitrogens is 4. The molecular weight excluding hydrogens is 354 g/mol. The van der Waals surface area contributed by atoms with E-state index >= 15 is 0 Å². The van der Waals surface area contributed by atoms with Gasteiger partial charge in [-0.25, -0.2) is 14.6 Å². The van der Waals surface area contributed by atoms with E-state index in [-0.39, 0.29) is 5.91 Å². The fraction of sp³-hybridized carbons (Fsp3) is 0.333. The van der Waals surface area contributed by atoms with E-state index in [4.69, 9.17) is 4.74 Å². The largest absolute Gasteiger partial charge is 0.477 e. The van der Waals surface area contributed by atoms with E-state index in [9.17, 15) is 4.79 Å². The number of rotatable bonds is 7. The van der Waals surface area contributed by atoms with Crippen LogP contribution in [0.25, 0.3) is 5.82 Å². The minimum atomic E-state index is -0.189. The molecule has 0 aliphatic heterocycles. The molecule has 0 aromatic carbocycles. The first-order valence-electron chi connectivity index (χ1n) is 9.28. The fourth-order valence-electron chi connectivity index (χ4n) is 2.64. The first kappa shape index (κ1) is 19.5. The fourth-order valence-corrected chi connectivity index (χ4v) is 2.64. The molecular formula is C21H25N5O2. The van der Waals surface area contributed by atoms with Gasteiger partial charge < -0.3 is 10.1 Å². The van der Waals surface area contributed by atoms with Crippen molar-refractivity contribution in [2.75, 3.05) is 6.61 Å². The number of hydrogen-bond acceptors (Lipinski definition) is 5. The molecule has 3 aromatic heterocycles. The molecule has 0 bridgehead atoms. The number of hydrogen-bond donors (Lipinski definition) is 1. The molecule has 146 valence electrons. The number of nitrogens with zero attached hydrogens (tertiary/aromatic N) is 4. The van der Waals surface area contributed by atoms with Crippen LogP contribution in [0.3, 0.4) is 0 Å². The van der Waals surface area contributed by atoms with Crippen molar-refractivity contribution in [2.45, 2.75) is 34.2 Å². The van der Waals surface area contributed by atoms with Crippen molar-refractivity contribution in [3.8, 4) is 11.7 Å². The van der Waals surface area contributed by atoms with Gasteiger partial charge in [0.15, 0.2) is 5.82 Å². The van der Waals surface area contributed by atoms with Gasteiger partial charge in [0.05, 0.1) is 17.9 Å². The van der Waals surface area contributed by atoms with Crippen molar-refractivity contribution < 1.29 is 9.53 Å². The number of nitrogens with one attached hydrogen (secondary N) is 1. The zero-order chi connectivity index (χ0) is 20.1. The van der Waals surface area contributed by atoms with Crippen LogP contribution in [0.2, 0.25) is 0 Å². The summed E-state index contributed by atoms with van der Waals surface area (Å²) in [6, 6.07) is 9.25. The first-order chi connectivity index (χ1) is 13.4. The van der Waals surface area contributed by atoms with Crippen molar-refractivity contribution in [2.24, 2.45) is 5.92 Å². The topological polar surface area (TPSA) is 81.9 Å². The number of carbonyl (C=O) groups is 1. The molecule has 0 spiro atoms. The van der Waals surface area contributed by atoms with E-state index in [1.54, 1.807) is 23.0 Å². The Hall–Kier alpha value is -3.22. The van der Waals surface area contributed by atoms with E-state index in [2.05, 4.69) is 34.2 Å². The van der Waals surface area contributed by atoms with Crippen molar-refractivity contribution in [1.82, 2.24) is 25.1 Å². The third-order valence-corrected chi connectivity index (χ3v) is 4.05. The molecule has 0 aliphatic rings. The molecule has 1 N–H and O–H groups in total. The average Bonchev–Trinajstić information content (AvgIpc) is 3.03. The highest BCUT2D eigenvalue weighted by atomic mass is 16.5. The minimum Gasteiger partial charge on any atom is -0.477 e. The van der Waals surface area contributed by atoms with Crippen molar-refractivity contribution in [3.05, 3.63) is 65.2 Å². The van der Waals surface area contributed by atoms with Crippen LogP contribution in [-0.4, -0.2) is 32.3 Å². The SMILES string of the molecule is Cc1cc(C)n(-c2ccc(CNC(=O)c3ccc(OCC(C)C)nc3)cn2)n1. The maximum Gasteiger partial charge on any atom is 0.253 e. The lowest BCUT2D eigenvalue weighted by atomic mass is 10.2. The molecule has 0 saturated heterocycles. The summed E-state index contributed by atoms with van der Waals surface area (Å²) in [6.45, 7) is 9.06. The van der Waals surface area contributed by atoms with Crippen LogP contribution in [0.4, 0.5) is 0 Å². The highest BCUT2D eigenvalue weighted by Gasteiger charge is 2.08. The monoisotopic (exact) mass is 379 g/mol. The Morgan fingerprint density at radius 2 is 1.96 bits per heavy atom. The van der Waals surface area contributed by atoms with Crippen LogP contribution in [0.15, 0.2) is 42.7 Å². The van der Waals surface area contributed by atoms with Gasteiger partial charge in [-0.15, -0.1) is 0 Å². The van der Waals surface area contributed by atoms with Gasteiger partial charge in [-0.3, -0.25) is 4.79 Å². The van der Waals surface area contributed by atoms with Crippen molar-refractivity contribution in [3.63, 3.8) is 0 Å². The lowest BCUT2D eigenvalue weighted by molar-refractivity contribution is 0.0950. The standard InChI is InChI=1S/C21H25N5O2/c1-14(2)13-28-20-8-6-18(12-23-20)21(27)24-11-17-5-7-19(22-10-17)26-16(4)9-15(3)25-26/h5-10,12,14H,11,13H2,1-4H3,(H,24,27). The quantitative estimate of drug-likeness (QED) is 0.681. The second-order valence-electron chi connectivity index (χ2n) is 7.14. The van der Waals surface area contributed by atoms with Crippen LogP contribution >= 0.6 is 0 Å². The Kier molecular flexibility index (Phi) is 6.03. The number of ether oxygens (including phenoxy) is 1. The minimum absolute atomic E-state index is 0.189. The van der Waals surface area contributed by atoms with Crippen LogP contribution < -0.4 is 10.1 Å². The van der Waals surface area contributed by atoms with E-state index in [1.165, 1.54) is 6.20 Å². The summed E-state index contributed by atoms with van der Waals surface area (Å²) in [6.07, 6.45) is 3.27. The van der Waals surface area contributed by atoms with Gasteiger partial charge in [0.2, 0.25) is 5.88 Å². The smallest absolute Gasteiger partial charge is 0.253 e. The predicted octanol–water partition coefficient (Wildman–Crippen LogP) is 3.24. The average molecular weight is 379 g/mol. The summed E-state index contributed by atoms with van der Waals surface area (Å²) in [5, 5.41) is 7.30. The van der Waals surface area contributed by atoms with Crippen molar-refractivity contribution >= 4 is 5.91 Å². The van der Waals surface area contributed by atoms with Gasteiger partial charge in [0.1, 0.15) is 0 Å². The second kappa shape index (κ2) is 8.65. The van der Waals surface area contributed by atoms with Crippen LogP contribution in [0.5, 0.6) is 5.88 Å². The van der Waals surface area contributed by atoms with Gasteiger partial charge in [0.25, 0.3) is 5.91 Å². The van der Waals surface area contributed by atoms with Crippen LogP contribution in [0.1, 0.15) is 41.2 Å².